The Morgan fingerprint density at radius 2 is 2.53 bits per heavy atom. The fraction of sp³-hybridized carbons (Fsp3) is 0.727. The molecule has 0 radical (unpaired) electrons. The highest BCUT2D eigenvalue weighted by Gasteiger charge is 2.23. The van der Waals surface area contributed by atoms with Gasteiger partial charge in [-0.1, -0.05) is 0 Å². The third kappa shape index (κ3) is 2.77. The summed E-state index contributed by atoms with van der Waals surface area (Å²) in [4.78, 5) is 7.08. The van der Waals surface area contributed by atoms with Gasteiger partial charge in [-0.2, -0.15) is 0 Å². The van der Waals surface area contributed by atoms with E-state index < -0.39 is 0 Å². The number of hydrogen-bond donors (Lipinski definition) is 1. The predicted octanol–water partition coefficient (Wildman–Crippen LogP) is 1.45. The number of aromatic nitrogens is 1. The predicted molar refractivity (Wildman–Crippen MR) is 64.3 cm³/mol. The molecule has 1 saturated heterocycles. The van der Waals surface area contributed by atoms with Gasteiger partial charge < -0.3 is 10.6 Å². The Hall–Kier alpha value is -0.450. The van der Waals surface area contributed by atoms with E-state index in [0.717, 1.165) is 19.4 Å². The normalized spacial score (nSPS) is 22.4. The second kappa shape index (κ2) is 5.05. The molecule has 1 aromatic heterocycles. The molecule has 0 bridgehead atoms. The van der Waals surface area contributed by atoms with Crippen molar-refractivity contribution in [2.45, 2.75) is 25.2 Å². The zero-order chi connectivity index (χ0) is 10.7. The van der Waals surface area contributed by atoms with Gasteiger partial charge >= 0.3 is 0 Å². The Morgan fingerprint density at radius 1 is 1.67 bits per heavy atom. The minimum Gasteiger partial charge on any atom is -0.330 e. The van der Waals surface area contributed by atoms with Gasteiger partial charge in [0.25, 0.3) is 0 Å². The molecule has 0 spiro atoms. The van der Waals surface area contributed by atoms with Gasteiger partial charge in [-0.3, -0.25) is 0 Å². The van der Waals surface area contributed by atoms with Crippen molar-refractivity contribution in [1.82, 2.24) is 9.88 Å². The molecule has 0 saturated carbocycles. The fourth-order valence-corrected chi connectivity index (χ4v) is 3.03. The first kappa shape index (κ1) is 11.0. The van der Waals surface area contributed by atoms with Gasteiger partial charge in [0.2, 0.25) is 0 Å². The molecule has 3 nitrogen and oxygen atoms in total. The van der Waals surface area contributed by atoms with Crippen LogP contribution in [-0.4, -0.2) is 36.6 Å². The van der Waals surface area contributed by atoms with Gasteiger partial charge in [0.05, 0.1) is 10.7 Å². The van der Waals surface area contributed by atoms with Crippen molar-refractivity contribution in [3.63, 3.8) is 0 Å². The third-order valence-corrected chi connectivity index (χ3v) is 4.00. The van der Waals surface area contributed by atoms with Gasteiger partial charge in [-0.15, -0.1) is 11.3 Å². The van der Waals surface area contributed by atoms with E-state index in [1.807, 2.05) is 11.3 Å². The Labute approximate surface area is 95.3 Å². The Balaban J connectivity index is 1.94. The molecule has 1 fully saturated rings. The van der Waals surface area contributed by atoms with Crippen LogP contribution >= 0.6 is 11.3 Å². The molecule has 0 amide bonds. The lowest BCUT2D eigenvalue weighted by molar-refractivity contribution is 0.411. The summed E-state index contributed by atoms with van der Waals surface area (Å²) in [7, 11) is 2.18. The quantitative estimate of drug-likeness (QED) is 0.843. The lowest BCUT2D eigenvalue weighted by Crippen LogP contribution is -2.13. The number of nitrogens with zero attached hydrogens (tertiary/aromatic N) is 2. The first-order chi connectivity index (χ1) is 7.29. The molecule has 1 aliphatic heterocycles. The Morgan fingerprint density at radius 3 is 3.20 bits per heavy atom. The highest BCUT2D eigenvalue weighted by molar-refractivity contribution is 7.09. The van der Waals surface area contributed by atoms with Gasteiger partial charge in [-0.25, -0.2) is 4.98 Å². The van der Waals surface area contributed by atoms with E-state index in [4.69, 9.17) is 10.7 Å². The number of likely N-dealkylation sites (tertiary alicyclic amines) is 1. The van der Waals surface area contributed by atoms with Crippen molar-refractivity contribution in [3.8, 4) is 0 Å². The lowest BCUT2D eigenvalue weighted by atomic mass is 10.1. The summed E-state index contributed by atoms with van der Waals surface area (Å²) in [6.45, 7) is 3.14. The molecule has 15 heavy (non-hydrogen) atoms. The fourth-order valence-electron chi connectivity index (χ4n) is 2.04. The summed E-state index contributed by atoms with van der Waals surface area (Å²) in [5.41, 5.74) is 6.72. The maximum absolute atomic E-state index is 5.49. The number of likely N-dealkylation sites (N-methyl/N-ethyl adjacent to an activating group) is 1. The van der Waals surface area contributed by atoms with Crippen molar-refractivity contribution < 1.29 is 0 Å². The summed E-state index contributed by atoms with van der Waals surface area (Å²) in [6, 6.07) is 0. The van der Waals surface area contributed by atoms with Crippen molar-refractivity contribution in [2.75, 3.05) is 26.7 Å². The molecule has 1 aliphatic rings. The van der Waals surface area contributed by atoms with Crippen LogP contribution in [-0.2, 0) is 6.42 Å². The molecule has 1 aromatic rings. The van der Waals surface area contributed by atoms with Gasteiger partial charge in [-0.05, 0) is 39.4 Å². The van der Waals surface area contributed by atoms with E-state index in [-0.39, 0.29) is 0 Å². The zero-order valence-electron chi connectivity index (χ0n) is 9.28. The molecular weight excluding hydrogens is 206 g/mol. The minimum absolute atomic E-state index is 0.673. The molecular formula is C11H19N3S. The van der Waals surface area contributed by atoms with Crippen molar-refractivity contribution in [1.29, 1.82) is 0 Å². The van der Waals surface area contributed by atoms with Crippen LogP contribution in [0, 0.1) is 0 Å². The van der Waals surface area contributed by atoms with Crippen LogP contribution in [0.15, 0.2) is 5.38 Å². The van der Waals surface area contributed by atoms with Crippen LogP contribution in [0.4, 0.5) is 0 Å². The van der Waals surface area contributed by atoms with Crippen LogP contribution in [0.5, 0.6) is 0 Å². The average Bonchev–Trinajstić information content (AvgIpc) is 2.83. The number of aryl methyl sites for hydroxylation is 1. The van der Waals surface area contributed by atoms with E-state index in [1.54, 1.807) is 0 Å². The number of rotatable bonds is 4. The summed E-state index contributed by atoms with van der Waals surface area (Å²) in [5.74, 6) is 0.673. The molecule has 1 atom stereocenters. The monoisotopic (exact) mass is 225 g/mol. The minimum atomic E-state index is 0.673. The van der Waals surface area contributed by atoms with E-state index in [0.29, 0.717) is 5.92 Å². The van der Waals surface area contributed by atoms with Crippen molar-refractivity contribution >= 4 is 11.3 Å². The van der Waals surface area contributed by atoms with E-state index in [1.165, 1.54) is 30.2 Å². The van der Waals surface area contributed by atoms with E-state index in [2.05, 4.69) is 17.3 Å². The van der Waals surface area contributed by atoms with Gasteiger partial charge in [0.15, 0.2) is 0 Å². The number of nitrogens with two attached hydrogens (primary N) is 1. The third-order valence-electron chi connectivity index (χ3n) is 2.95. The van der Waals surface area contributed by atoms with Crippen molar-refractivity contribution in [2.24, 2.45) is 5.73 Å². The van der Waals surface area contributed by atoms with Crippen LogP contribution in [0.2, 0.25) is 0 Å². The van der Waals surface area contributed by atoms with Gasteiger partial charge in [0, 0.05) is 17.8 Å². The summed E-state index contributed by atoms with van der Waals surface area (Å²) in [5, 5.41) is 3.52. The maximum Gasteiger partial charge on any atom is 0.0972 e. The van der Waals surface area contributed by atoms with Gasteiger partial charge in [0.1, 0.15) is 0 Å². The molecule has 0 aliphatic carbocycles. The first-order valence-corrected chi connectivity index (χ1v) is 6.50. The first-order valence-electron chi connectivity index (χ1n) is 5.62. The maximum atomic E-state index is 5.49. The molecule has 2 N–H and O–H groups in total. The van der Waals surface area contributed by atoms with Crippen LogP contribution in [0.25, 0.3) is 0 Å². The molecule has 2 heterocycles. The van der Waals surface area contributed by atoms with Crippen molar-refractivity contribution in [3.05, 3.63) is 16.1 Å². The lowest BCUT2D eigenvalue weighted by Gasteiger charge is -2.06. The Bertz CT molecular complexity index is 311. The summed E-state index contributed by atoms with van der Waals surface area (Å²) in [6.07, 6.45) is 3.35. The van der Waals surface area contributed by atoms with Crippen LogP contribution in [0.3, 0.4) is 0 Å². The molecule has 2 rings (SSSR count). The summed E-state index contributed by atoms with van der Waals surface area (Å²) >= 11 is 1.82. The number of thiazole rings is 1. The largest absolute Gasteiger partial charge is 0.330 e. The second-order valence-electron chi connectivity index (χ2n) is 4.32. The Kier molecular flexibility index (Phi) is 3.72. The highest BCUT2D eigenvalue weighted by Crippen LogP contribution is 2.28. The second-order valence-corrected chi connectivity index (χ2v) is 5.21. The molecule has 84 valence electrons. The molecule has 1 unspecified atom stereocenters. The average molecular weight is 225 g/mol. The SMILES string of the molecule is CN1CCC(c2nc(CCCN)cs2)C1. The van der Waals surface area contributed by atoms with Crippen LogP contribution < -0.4 is 5.73 Å². The highest BCUT2D eigenvalue weighted by atomic mass is 32.1. The number of hydrogen-bond acceptors (Lipinski definition) is 4. The molecule has 4 heteroatoms. The molecule has 0 aromatic carbocycles. The summed E-state index contributed by atoms with van der Waals surface area (Å²) < 4.78 is 0. The van der Waals surface area contributed by atoms with E-state index >= 15 is 0 Å². The zero-order valence-corrected chi connectivity index (χ0v) is 10.1. The topological polar surface area (TPSA) is 42.2 Å². The van der Waals surface area contributed by atoms with Crippen LogP contribution in [0.1, 0.15) is 29.5 Å². The van der Waals surface area contributed by atoms with E-state index in [9.17, 15) is 0 Å². The standard InChI is InChI=1S/C11H19N3S/c1-14-6-4-9(7-14)11-13-10(8-15-11)3-2-5-12/h8-9H,2-7,12H2,1H3. The smallest absolute Gasteiger partial charge is 0.0972 e.